The Morgan fingerprint density at radius 2 is 1.55 bits per heavy atom. The summed E-state index contributed by atoms with van der Waals surface area (Å²) in [5, 5.41) is 3.42. The second-order valence-corrected chi connectivity index (χ2v) is 5.69. The molecule has 0 fully saturated rings. The predicted molar refractivity (Wildman–Crippen MR) is 94.3 cm³/mol. The van der Waals surface area contributed by atoms with Gasteiger partial charge in [-0.25, -0.2) is 0 Å². The summed E-state index contributed by atoms with van der Waals surface area (Å²) in [6, 6.07) is 16.4. The van der Waals surface area contributed by atoms with E-state index in [0.29, 0.717) is 5.82 Å². The molecule has 22 heavy (non-hydrogen) atoms. The van der Waals surface area contributed by atoms with Crippen LogP contribution in [-0.4, -0.2) is 5.16 Å². The number of nitrogens with two attached hydrogens (primary N) is 1. The van der Waals surface area contributed by atoms with Crippen LogP contribution < -0.4 is 5.73 Å². The number of hydrogen-bond donors (Lipinski definition) is 2. The molecule has 0 bridgehead atoms. The molecule has 0 amide bonds. The van der Waals surface area contributed by atoms with Gasteiger partial charge in [0.25, 0.3) is 0 Å². The normalized spacial score (nSPS) is 10.0. The monoisotopic (exact) mass is 312 g/mol. The molecular formula is C18H20N2OS. The highest BCUT2D eigenvalue weighted by Crippen LogP contribution is 2.27. The smallest absolute Gasteiger partial charge is 0.167 e. The maximum atomic E-state index is 5.17. The van der Waals surface area contributed by atoms with E-state index in [1.165, 1.54) is 22.3 Å². The summed E-state index contributed by atoms with van der Waals surface area (Å²) in [7, 11) is 0. The van der Waals surface area contributed by atoms with Gasteiger partial charge in [0, 0.05) is 11.0 Å². The molecule has 3 nitrogen and oxygen atoms in total. The average molecular weight is 312 g/mol. The van der Waals surface area contributed by atoms with E-state index in [-0.39, 0.29) is 0 Å². The van der Waals surface area contributed by atoms with Gasteiger partial charge in [0.1, 0.15) is 5.76 Å². The van der Waals surface area contributed by atoms with Crippen molar-refractivity contribution < 1.29 is 4.52 Å². The second-order valence-electron chi connectivity index (χ2n) is 5.18. The van der Waals surface area contributed by atoms with Gasteiger partial charge in [-0.15, -0.1) is 12.6 Å². The van der Waals surface area contributed by atoms with Crippen LogP contribution in [-0.2, 0) is 0 Å². The molecule has 0 aliphatic rings. The molecular weight excluding hydrogens is 292 g/mol. The Labute approximate surface area is 136 Å². The van der Waals surface area contributed by atoms with Crippen molar-refractivity contribution in [2.75, 3.05) is 5.73 Å². The standard InChI is InChI=1S/C14H14S.C4H6N2O/c1-10-4-3-5-11(2)14(10)12-6-8-13(15)9-7-12;1-3-2-4(5)6-7-3/h3-9,15H,1-2H3;2H,1H3,(H2,5,6). The molecule has 0 radical (unpaired) electrons. The maximum Gasteiger partial charge on any atom is 0.167 e. The lowest BCUT2D eigenvalue weighted by Crippen LogP contribution is -1.87. The summed E-state index contributed by atoms with van der Waals surface area (Å²) < 4.78 is 4.59. The van der Waals surface area contributed by atoms with Crippen LogP contribution in [0, 0.1) is 20.8 Å². The molecule has 0 aliphatic carbocycles. The highest BCUT2D eigenvalue weighted by atomic mass is 32.1. The largest absolute Gasteiger partial charge is 0.381 e. The van der Waals surface area contributed by atoms with Crippen molar-refractivity contribution in [1.29, 1.82) is 0 Å². The van der Waals surface area contributed by atoms with Gasteiger partial charge in [0.2, 0.25) is 0 Å². The lowest BCUT2D eigenvalue weighted by molar-refractivity contribution is 0.400. The molecule has 2 aromatic carbocycles. The van der Waals surface area contributed by atoms with Crippen LogP contribution in [0.15, 0.2) is 57.9 Å². The maximum absolute atomic E-state index is 5.17. The van der Waals surface area contributed by atoms with Crippen LogP contribution in [0.25, 0.3) is 11.1 Å². The average Bonchev–Trinajstić information content (AvgIpc) is 2.85. The van der Waals surface area contributed by atoms with E-state index in [1.54, 1.807) is 13.0 Å². The summed E-state index contributed by atoms with van der Waals surface area (Å²) in [5.41, 5.74) is 10.4. The van der Waals surface area contributed by atoms with Crippen LogP contribution in [0.1, 0.15) is 16.9 Å². The number of anilines is 1. The Morgan fingerprint density at radius 3 is 1.95 bits per heavy atom. The summed E-state index contributed by atoms with van der Waals surface area (Å²) in [5.74, 6) is 1.19. The lowest BCUT2D eigenvalue weighted by atomic mass is 9.96. The molecule has 114 valence electrons. The van der Waals surface area contributed by atoms with Crippen LogP contribution in [0.2, 0.25) is 0 Å². The zero-order valence-corrected chi connectivity index (χ0v) is 13.9. The Balaban J connectivity index is 0.000000211. The first-order valence-corrected chi connectivity index (χ1v) is 7.46. The number of benzene rings is 2. The van der Waals surface area contributed by atoms with Gasteiger partial charge in [-0.2, -0.15) is 0 Å². The molecule has 0 unspecified atom stereocenters. The quantitative estimate of drug-likeness (QED) is 0.633. The van der Waals surface area contributed by atoms with Crippen molar-refractivity contribution in [2.24, 2.45) is 0 Å². The number of nitrogens with zero attached hydrogens (tertiary/aromatic N) is 1. The summed E-state index contributed by atoms with van der Waals surface area (Å²) in [6.07, 6.45) is 0. The Hall–Kier alpha value is -2.20. The van der Waals surface area contributed by atoms with Gasteiger partial charge in [0.05, 0.1) is 0 Å². The van der Waals surface area contributed by atoms with Crippen molar-refractivity contribution in [2.45, 2.75) is 25.7 Å². The molecule has 1 heterocycles. The fourth-order valence-electron chi connectivity index (χ4n) is 2.28. The number of rotatable bonds is 1. The molecule has 2 N–H and O–H groups in total. The van der Waals surface area contributed by atoms with Gasteiger partial charge < -0.3 is 10.3 Å². The first-order chi connectivity index (χ1) is 10.5. The van der Waals surface area contributed by atoms with Crippen LogP contribution >= 0.6 is 12.6 Å². The SMILES string of the molecule is Cc1cc(N)no1.Cc1cccc(C)c1-c1ccc(S)cc1. The number of thiol groups is 1. The third kappa shape index (κ3) is 4.15. The third-order valence-corrected chi connectivity index (χ3v) is 3.58. The Bertz CT molecular complexity index is 711. The fourth-order valence-corrected chi connectivity index (χ4v) is 2.43. The number of aromatic nitrogens is 1. The van der Waals surface area contributed by atoms with E-state index in [9.17, 15) is 0 Å². The summed E-state index contributed by atoms with van der Waals surface area (Å²) in [6.45, 7) is 6.09. The van der Waals surface area contributed by atoms with Gasteiger partial charge in [-0.05, 0) is 55.2 Å². The lowest BCUT2D eigenvalue weighted by Gasteiger charge is -2.09. The van der Waals surface area contributed by atoms with Crippen LogP contribution in [0.3, 0.4) is 0 Å². The second kappa shape index (κ2) is 7.18. The molecule has 0 saturated carbocycles. The van der Waals surface area contributed by atoms with Crippen molar-refractivity contribution in [3.05, 3.63) is 65.4 Å². The zero-order valence-electron chi connectivity index (χ0n) is 13.0. The Morgan fingerprint density at radius 1 is 0.955 bits per heavy atom. The van der Waals surface area contributed by atoms with Gasteiger partial charge in [-0.1, -0.05) is 35.5 Å². The molecule has 3 aromatic rings. The minimum atomic E-state index is 0.442. The molecule has 4 heteroatoms. The van der Waals surface area contributed by atoms with Gasteiger partial charge in [0.15, 0.2) is 5.82 Å². The van der Waals surface area contributed by atoms with E-state index < -0.39 is 0 Å². The van der Waals surface area contributed by atoms with Crippen molar-refractivity contribution in [3.63, 3.8) is 0 Å². The molecule has 3 rings (SSSR count). The van der Waals surface area contributed by atoms with E-state index in [2.05, 4.69) is 66.5 Å². The van der Waals surface area contributed by atoms with E-state index in [4.69, 9.17) is 5.73 Å². The fraction of sp³-hybridized carbons (Fsp3) is 0.167. The number of hydrogen-bond acceptors (Lipinski definition) is 4. The Kier molecular flexibility index (Phi) is 5.28. The highest BCUT2D eigenvalue weighted by molar-refractivity contribution is 7.80. The molecule has 0 aliphatic heterocycles. The van der Waals surface area contributed by atoms with Crippen molar-refractivity contribution in [3.8, 4) is 11.1 Å². The number of nitrogen functional groups attached to an aromatic ring is 1. The summed E-state index contributed by atoms with van der Waals surface area (Å²) in [4.78, 5) is 1.00. The first kappa shape index (κ1) is 16.2. The van der Waals surface area contributed by atoms with E-state index in [0.717, 1.165) is 10.7 Å². The molecule has 0 spiro atoms. The van der Waals surface area contributed by atoms with Gasteiger partial charge >= 0.3 is 0 Å². The van der Waals surface area contributed by atoms with Gasteiger partial charge in [-0.3, -0.25) is 0 Å². The third-order valence-electron chi connectivity index (χ3n) is 3.28. The number of aryl methyl sites for hydroxylation is 3. The van der Waals surface area contributed by atoms with Crippen LogP contribution in [0.5, 0.6) is 0 Å². The van der Waals surface area contributed by atoms with E-state index in [1.807, 2.05) is 12.1 Å². The zero-order chi connectivity index (χ0) is 16.1. The van der Waals surface area contributed by atoms with Crippen molar-refractivity contribution >= 4 is 18.4 Å². The minimum absolute atomic E-state index is 0.442. The highest BCUT2D eigenvalue weighted by Gasteiger charge is 2.04. The van der Waals surface area contributed by atoms with Crippen LogP contribution in [0.4, 0.5) is 5.82 Å². The van der Waals surface area contributed by atoms with E-state index >= 15 is 0 Å². The molecule has 0 saturated heterocycles. The molecule has 1 aromatic heterocycles. The molecule has 0 atom stereocenters. The topological polar surface area (TPSA) is 52.0 Å². The predicted octanol–water partition coefficient (Wildman–Crippen LogP) is 4.82. The van der Waals surface area contributed by atoms with Crippen molar-refractivity contribution in [1.82, 2.24) is 5.16 Å². The first-order valence-electron chi connectivity index (χ1n) is 7.02. The minimum Gasteiger partial charge on any atom is -0.381 e. The summed E-state index contributed by atoms with van der Waals surface area (Å²) >= 11 is 4.30.